The Morgan fingerprint density at radius 1 is 1.23 bits per heavy atom. The van der Waals surface area contributed by atoms with E-state index in [9.17, 15) is 0 Å². The van der Waals surface area contributed by atoms with Gasteiger partial charge in [0.05, 0.1) is 0 Å². The fourth-order valence-electron chi connectivity index (χ4n) is 1.40. The summed E-state index contributed by atoms with van der Waals surface area (Å²) in [6.45, 7) is 6.49. The predicted octanol–water partition coefficient (Wildman–Crippen LogP) is 2.61. The van der Waals surface area contributed by atoms with Gasteiger partial charge in [0.25, 0.3) is 0 Å². The lowest BCUT2D eigenvalue weighted by Crippen LogP contribution is -2.13. The number of nitrogens with one attached hydrogen (secondary N) is 1. The van der Waals surface area contributed by atoms with Crippen LogP contribution in [0.2, 0.25) is 0 Å². The van der Waals surface area contributed by atoms with E-state index >= 15 is 0 Å². The highest BCUT2D eigenvalue weighted by atomic mass is 14.8. The lowest BCUT2D eigenvalue weighted by Gasteiger charge is -2.21. The van der Waals surface area contributed by atoms with Crippen molar-refractivity contribution in [3.05, 3.63) is 23.8 Å². The second-order valence-corrected chi connectivity index (χ2v) is 4.30. The maximum Gasteiger partial charge on any atom is 0.0372 e. The second kappa shape index (κ2) is 3.29. The topological polar surface area (TPSA) is 38.0 Å². The molecule has 0 unspecified atom stereocenters. The largest absolute Gasteiger partial charge is 0.398 e. The van der Waals surface area contributed by atoms with E-state index in [2.05, 4.69) is 38.2 Å². The third kappa shape index (κ3) is 2.14. The van der Waals surface area contributed by atoms with Gasteiger partial charge >= 0.3 is 0 Å². The number of anilines is 2. The summed E-state index contributed by atoms with van der Waals surface area (Å²) in [6.07, 6.45) is 0. The number of rotatable bonds is 1. The van der Waals surface area contributed by atoms with Crippen LogP contribution in [0.25, 0.3) is 0 Å². The molecule has 0 atom stereocenters. The minimum atomic E-state index is 0.121. The lowest BCUT2D eigenvalue weighted by atomic mass is 9.86. The van der Waals surface area contributed by atoms with Crippen molar-refractivity contribution in [2.24, 2.45) is 0 Å². The first-order valence-corrected chi connectivity index (χ1v) is 4.53. The maximum absolute atomic E-state index is 5.94. The van der Waals surface area contributed by atoms with E-state index in [4.69, 9.17) is 5.73 Å². The Kier molecular flexibility index (Phi) is 2.50. The van der Waals surface area contributed by atoms with E-state index in [1.54, 1.807) is 0 Å². The van der Waals surface area contributed by atoms with Crippen molar-refractivity contribution in [3.63, 3.8) is 0 Å². The molecule has 0 aliphatic rings. The predicted molar refractivity (Wildman–Crippen MR) is 59.1 cm³/mol. The normalized spacial score (nSPS) is 11.4. The maximum atomic E-state index is 5.94. The van der Waals surface area contributed by atoms with Crippen molar-refractivity contribution in [2.45, 2.75) is 26.2 Å². The molecule has 0 aromatic heterocycles. The fraction of sp³-hybridized carbons (Fsp3) is 0.455. The molecule has 2 heteroatoms. The molecule has 0 bridgehead atoms. The van der Waals surface area contributed by atoms with Crippen LogP contribution in [0.1, 0.15) is 26.3 Å². The molecular weight excluding hydrogens is 160 g/mol. The van der Waals surface area contributed by atoms with Crippen molar-refractivity contribution in [1.29, 1.82) is 0 Å². The minimum absolute atomic E-state index is 0.121. The third-order valence-electron chi connectivity index (χ3n) is 2.15. The SMILES string of the molecule is CNc1ccc(C(C)(C)C)c(N)c1. The highest BCUT2D eigenvalue weighted by Gasteiger charge is 2.16. The molecule has 2 nitrogen and oxygen atoms in total. The molecule has 0 spiro atoms. The van der Waals surface area contributed by atoms with Gasteiger partial charge in [-0.15, -0.1) is 0 Å². The summed E-state index contributed by atoms with van der Waals surface area (Å²) >= 11 is 0. The zero-order valence-electron chi connectivity index (χ0n) is 8.81. The summed E-state index contributed by atoms with van der Waals surface area (Å²) < 4.78 is 0. The van der Waals surface area contributed by atoms with E-state index in [1.165, 1.54) is 5.56 Å². The van der Waals surface area contributed by atoms with Crippen LogP contribution < -0.4 is 11.1 Å². The van der Waals surface area contributed by atoms with Crippen molar-refractivity contribution >= 4 is 11.4 Å². The Bertz CT molecular complexity index is 297. The number of benzene rings is 1. The average molecular weight is 178 g/mol. The van der Waals surface area contributed by atoms with Crippen molar-refractivity contribution in [1.82, 2.24) is 0 Å². The van der Waals surface area contributed by atoms with Gasteiger partial charge in [-0.05, 0) is 23.1 Å². The van der Waals surface area contributed by atoms with Gasteiger partial charge in [0.1, 0.15) is 0 Å². The zero-order valence-corrected chi connectivity index (χ0v) is 8.81. The second-order valence-electron chi connectivity index (χ2n) is 4.30. The highest BCUT2D eigenvalue weighted by Crippen LogP contribution is 2.29. The Morgan fingerprint density at radius 3 is 2.23 bits per heavy atom. The standard InChI is InChI=1S/C11H18N2/c1-11(2,3)9-6-5-8(13-4)7-10(9)12/h5-7,13H,12H2,1-4H3. The van der Waals surface area contributed by atoms with E-state index in [1.807, 2.05) is 13.1 Å². The molecule has 0 radical (unpaired) electrons. The number of hydrogen-bond donors (Lipinski definition) is 2. The van der Waals surface area contributed by atoms with Gasteiger partial charge in [0.2, 0.25) is 0 Å². The Morgan fingerprint density at radius 2 is 1.85 bits per heavy atom. The van der Waals surface area contributed by atoms with Crippen LogP contribution in [0.5, 0.6) is 0 Å². The molecule has 1 rings (SSSR count). The van der Waals surface area contributed by atoms with Crippen LogP contribution in [0.15, 0.2) is 18.2 Å². The molecule has 3 N–H and O–H groups in total. The van der Waals surface area contributed by atoms with Gasteiger partial charge < -0.3 is 11.1 Å². The number of hydrogen-bond acceptors (Lipinski definition) is 2. The smallest absolute Gasteiger partial charge is 0.0372 e. The summed E-state index contributed by atoms with van der Waals surface area (Å²) in [6, 6.07) is 6.11. The lowest BCUT2D eigenvalue weighted by molar-refractivity contribution is 0.593. The minimum Gasteiger partial charge on any atom is -0.398 e. The molecule has 1 aromatic carbocycles. The first kappa shape index (κ1) is 9.90. The Balaban J connectivity index is 3.13. The van der Waals surface area contributed by atoms with E-state index in [-0.39, 0.29) is 5.41 Å². The van der Waals surface area contributed by atoms with Crippen LogP contribution in [-0.4, -0.2) is 7.05 Å². The van der Waals surface area contributed by atoms with Gasteiger partial charge in [-0.2, -0.15) is 0 Å². The Labute approximate surface area is 80.1 Å². The van der Waals surface area contributed by atoms with Gasteiger partial charge in [0, 0.05) is 18.4 Å². The highest BCUT2D eigenvalue weighted by molar-refractivity contribution is 5.60. The van der Waals surface area contributed by atoms with Gasteiger partial charge in [-0.3, -0.25) is 0 Å². The average Bonchev–Trinajstić information content (AvgIpc) is 2.01. The summed E-state index contributed by atoms with van der Waals surface area (Å²) in [7, 11) is 1.89. The van der Waals surface area contributed by atoms with E-state index < -0.39 is 0 Å². The van der Waals surface area contributed by atoms with Crippen molar-refractivity contribution in [3.8, 4) is 0 Å². The van der Waals surface area contributed by atoms with Crippen LogP contribution in [0.4, 0.5) is 11.4 Å². The van der Waals surface area contributed by atoms with Crippen LogP contribution in [-0.2, 0) is 5.41 Å². The summed E-state index contributed by atoms with van der Waals surface area (Å²) in [4.78, 5) is 0. The van der Waals surface area contributed by atoms with Crippen molar-refractivity contribution < 1.29 is 0 Å². The Hall–Kier alpha value is -1.18. The van der Waals surface area contributed by atoms with Gasteiger partial charge in [-0.1, -0.05) is 26.8 Å². The zero-order chi connectivity index (χ0) is 10.1. The van der Waals surface area contributed by atoms with Crippen LogP contribution >= 0.6 is 0 Å². The van der Waals surface area contributed by atoms with Crippen LogP contribution in [0, 0.1) is 0 Å². The number of nitrogen functional groups attached to an aromatic ring is 1. The molecule has 0 saturated carbocycles. The molecular formula is C11H18N2. The van der Waals surface area contributed by atoms with Crippen LogP contribution in [0.3, 0.4) is 0 Å². The van der Waals surface area contributed by atoms with Gasteiger partial charge in [0.15, 0.2) is 0 Å². The molecule has 0 aliphatic carbocycles. The molecule has 0 saturated heterocycles. The first-order valence-electron chi connectivity index (χ1n) is 4.53. The molecule has 1 aromatic rings. The molecule has 0 amide bonds. The van der Waals surface area contributed by atoms with E-state index in [0.29, 0.717) is 0 Å². The molecule has 0 aliphatic heterocycles. The molecule has 13 heavy (non-hydrogen) atoms. The monoisotopic (exact) mass is 178 g/mol. The number of nitrogens with two attached hydrogens (primary N) is 1. The summed E-state index contributed by atoms with van der Waals surface area (Å²) in [5.41, 5.74) is 9.19. The summed E-state index contributed by atoms with van der Waals surface area (Å²) in [5, 5.41) is 3.07. The summed E-state index contributed by atoms with van der Waals surface area (Å²) in [5.74, 6) is 0. The third-order valence-corrected chi connectivity index (χ3v) is 2.15. The molecule has 0 fully saturated rings. The molecule has 72 valence electrons. The van der Waals surface area contributed by atoms with Gasteiger partial charge in [-0.25, -0.2) is 0 Å². The van der Waals surface area contributed by atoms with Crippen molar-refractivity contribution in [2.75, 3.05) is 18.1 Å². The first-order chi connectivity index (χ1) is 5.95. The fourth-order valence-corrected chi connectivity index (χ4v) is 1.40. The quantitative estimate of drug-likeness (QED) is 0.649. The van der Waals surface area contributed by atoms with E-state index in [0.717, 1.165) is 11.4 Å². The molecule has 0 heterocycles.